The molecule has 0 aliphatic carbocycles. The number of fused-ring (bicyclic) bond motifs is 1. The molecule has 0 saturated carbocycles. The van der Waals surface area contributed by atoms with Crippen LogP contribution in [0.4, 0.5) is 4.79 Å². The summed E-state index contributed by atoms with van der Waals surface area (Å²) >= 11 is 0. The van der Waals surface area contributed by atoms with E-state index in [2.05, 4.69) is 15.7 Å². The van der Waals surface area contributed by atoms with Gasteiger partial charge in [-0.25, -0.2) is 9.78 Å². The van der Waals surface area contributed by atoms with Crippen LogP contribution >= 0.6 is 0 Å². The van der Waals surface area contributed by atoms with Crippen molar-refractivity contribution < 1.29 is 19.1 Å². The van der Waals surface area contributed by atoms with Crippen molar-refractivity contribution in [1.29, 1.82) is 0 Å². The number of nitrogens with one attached hydrogen (secondary N) is 2. The van der Waals surface area contributed by atoms with Crippen LogP contribution in [0, 0.1) is 0 Å². The summed E-state index contributed by atoms with van der Waals surface area (Å²) in [7, 11) is 1.54. The van der Waals surface area contributed by atoms with Gasteiger partial charge in [0.1, 0.15) is 17.6 Å². The van der Waals surface area contributed by atoms with Crippen molar-refractivity contribution >= 4 is 28.9 Å². The average Bonchev–Trinajstić information content (AvgIpc) is 3.39. The zero-order chi connectivity index (χ0) is 23.9. The van der Waals surface area contributed by atoms with E-state index < -0.39 is 23.4 Å². The Morgan fingerprint density at radius 2 is 1.71 bits per heavy atom. The van der Waals surface area contributed by atoms with Crippen LogP contribution in [0.5, 0.6) is 5.75 Å². The third kappa shape index (κ3) is 3.43. The summed E-state index contributed by atoms with van der Waals surface area (Å²) in [4.78, 5) is 42.8. The van der Waals surface area contributed by atoms with E-state index in [0.717, 1.165) is 16.7 Å². The molecular weight excluding hydrogens is 434 g/mol. The number of nitrogens with zero attached hydrogens (tertiary/aromatic N) is 3. The van der Waals surface area contributed by atoms with Gasteiger partial charge in [0.05, 0.1) is 18.1 Å². The summed E-state index contributed by atoms with van der Waals surface area (Å²) in [5, 5.41) is 3.37. The van der Waals surface area contributed by atoms with Crippen molar-refractivity contribution in [2.45, 2.75) is 12.5 Å². The molecule has 2 N–H and O–H groups in total. The van der Waals surface area contributed by atoms with Crippen molar-refractivity contribution in [2.75, 3.05) is 7.11 Å². The fourth-order valence-electron chi connectivity index (χ4n) is 3.97. The number of amides is 4. The van der Waals surface area contributed by atoms with E-state index >= 15 is 0 Å². The van der Waals surface area contributed by atoms with Gasteiger partial charge >= 0.3 is 6.03 Å². The second kappa shape index (κ2) is 8.04. The lowest BCUT2D eigenvalue weighted by Gasteiger charge is -2.22. The number of carbonyl (C=O) groups is 3. The van der Waals surface area contributed by atoms with E-state index in [4.69, 9.17) is 4.74 Å². The molecule has 0 radical (unpaired) electrons. The second-order valence-electron chi connectivity index (χ2n) is 8.02. The Labute approximate surface area is 194 Å². The molecule has 1 saturated heterocycles. The Morgan fingerprint density at radius 3 is 2.41 bits per heavy atom. The van der Waals surface area contributed by atoms with Gasteiger partial charge in [-0.15, -0.1) is 0 Å². The van der Waals surface area contributed by atoms with Crippen LogP contribution in [0.1, 0.15) is 22.8 Å². The number of hydrazine groups is 1. The summed E-state index contributed by atoms with van der Waals surface area (Å²) in [6.07, 6.45) is 1.72. The molecule has 1 aromatic heterocycles. The molecule has 1 aliphatic heterocycles. The van der Waals surface area contributed by atoms with Crippen molar-refractivity contribution in [3.8, 4) is 11.4 Å². The van der Waals surface area contributed by atoms with Gasteiger partial charge in [0.2, 0.25) is 0 Å². The molecule has 4 aromatic rings. The maximum Gasteiger partial charge on any atom is 0.344 e. The number of hydrogen-bond donors (Lipinski definition) is 2. The molecule has 170 valence electrons. The zero-order valence-electron chi connectivity index (χ0n) is 18.5. The number of ether oxygens (including phenoxy) is 1. The van der Waals surface area contributed by atoms with Crippen LogP contribution < -0.4 is 15.5 Å². The second-order valence-corrected chi connectivity index (χ2v) is 8.02. The highest BCUT2D eigenvalue weighted by Gasteiger charge is 2.50. The molecule has 1 atom stereocenters. The summed E-state index contributed by atoms with van der Waals surface area (Å²) in [6, 6.07) is 20.6. The summed E-state index contributed by atoms with van der Waals surface area (Å²) in [5.41, 5.74) is 4.60. The number of urea groups is 1. The Kier molecular flexibility index (Phi) is 5.01. The van der Waals surface area contributed by atoms with E-state index in [9.17, 15) is 14.4 Å². The van der Waals surface area contributed by atoms with Crippen LogP contribution in [0.25, 0.3) is 16.7 Å². The van der Waals surface area contributed by atoms with Crippen LogP contribution in [0.2, 0.25) is 0 Å². The molecular formula is C25H21N5O4. The summed E-state index contributed by atoms with van der Waals surface area (Å²) < 4.78 is 7.06. The minimum absolute atomic E-state index is 0.298. The van der Waals surface area contributed by atoms with E-state index in [-0.39, 0.29) is 0 Å². The lowest BCUT2D eigenvalue weighted by Crippen LogP contribution is -2.47. The van der Waals surface area contributed by atoms with Gasteiger partial charge in [-0.1, -0.05) is 24.3 Å². The number of carbonyl (C=O) groups excluding carboxylic acids is 3. The monoisotopic (exact) mass is 455 g/mol. The third-order valence-electron chi connectivity index (χ3n) is 5.93. The first-order chi connectivity index (χ1) is 16.4. The fourth-order valence-corrected chi connectivity index (χ4v) is 3.97. The average molecular weight is 455 g/mol. The number of methoxy groups -OCH3 is 1. The molecule has 1 aliphatic rings. The van der Waals surface area contributed by atoms with E-state index in [1.54, 1.807) is 68.9 Å². The summed E-state index contributed by atoms with van der Waals surface area (Å²) in [5.74, 6) is -0.538. The van der Waals surface area contributed by atoms with E-state index in [1.807, 2.05) is 28.8 Å². The number of rotatable bonds is 5. The molecule has 5 rings (SSSR count). The van der Waals surface area contributed by atoms with Gasteiger partial charge in [0.15, 0.2) is 0 Å². The van der Waals surface area contributed by atoms with Crippen LogP contribution in [0.15, 0.2) is 79.1 Å². The molecule has 0 unspecified atom stereocenters. The van der Waals surface area contributed by atoms with Crippen molar-refractivity contribution in [1.82, 2.24) is 25.3 Å². The molecule has 34 heavy (non-hydrogen) atoms. The Balaban J connectivity index is 1.33. The molecule has 9 nitrogen and oxygen atoms in total. The highest BCUT2D eigenvalue weighted by atomic mass is 16.5. The molecule has 9 heteroatoms. The van der Waals surface area contributed by atoms with Gasteiger partial charge in [0.25, 0.3) is 11.8 Å². The first-order valence-electron chi connectivity index (χ1n) is 10.6. The number of para-hydroxylation sites is 2. The van der Waals surface area contributed by atoms with Gasteiger partial charge in [-0.05, 0) is 61.0 Å². The number of imide groups is 1. The number of hydrogen-bond acceptors (Lipinski definition) is 5. The minimum atomic E-state index is -1.32. The molecule has 1 fully saturated rings. The lowest BCUT2D eigenvalue weighted by molar-refractivity contribution is -0.132. The predicted octanol–water partition coefficient (Wildman–Crippen LogP) is 3.15. The highest BCUT2D eigenvalue weighted by molar-refractivity contribution is 6.09. The van der Waals surface area contributed by atoms with Crippen LogP contribution in [-0.4, -0.2) is 39.5 Å². The quantitative estimate of drug-likeness (QED) is 0.450. The maximum absolute atomic E-state index is 13.1. The first kappa shape index (κ1) is 21.2. The molecule has 2 heterocycles. The smallest absolute Gasteiger partial charge is 0.344 e. The first-order valence-corrected chi connectivity index (χ1v) is 10.6. The SMILES string of the molecule is COc1ccc([C@]2(C)NC(=O)N(NC(=O)c3ccc(-n4cnc5ccccc54)cc3)C2=O)cc1. The number of benzene rings is 3. The molecule has 0 bridgehead atoms. The van der Waals surface area contributed by atoms with Crippen LogP contribution in [0.3, 0.4) is 0 Å². The number of aromatic nitrogens is 2. The Morgan fingerprint density at radius 1 is 1.00 bits per heavy atom. The Hall–Kier alpha value is -4.66. The predicted molar refractivity (Wildman–Crippen MR) is 124 cm³/mol. The zero-order valence-corrected chi connectivity index (χ0v) is 18.5. The fraction of sp³-hybridized carbons (Fsp3) is 0.120. The molecule has 3 aromatic carbocycles. The molecule has 0 spiro atoms. The van der Waals surface area contributed by atoms with E-state index in [1.165, 1.54) is 0 Å². The topological polar surface area (TPSA) is 106 Å². The van der Waals surface area contributed by atoms with E-state index in [0.29, 0.717) is 21.9 Å². The highest BCUT2D eigenvalue weighted by Crippen LogP contribution is 2.29. The van der Waals surface area contributed by atoms with Crippen LogP contribution in [-0.2, 0) is 10.3 Å². The van der Waals surface area contributed by atoms with Gasteiger partial charge in [0, 0.05) is 11.3 Å². The molecule has 4 amide bonds. The van der Waals surface area contributed by atoms with Gasteiger partial charge < -0.3 is 10.1 Å². The van der Waals surface area contributed by atoms with Gasteiger partial charge in [-0.3, -0.25) is 19.6 Å². The Bertz CT molecular complexity index is 1410. The van der Waals surface area contributed by atoms with Crippen molar-refractivity contribution in [3.63, 3.8) is 0 Å². The number of imidazole rings is 1. The summed E-state index contributed by atoms with van der Waals surface area (Å²) in [6.45, 7) is 1.59. The largest absolute Gasteiger partial charge is 0.497 e. The standard InChI is InChI=1S/C25H21N5O4/c1-25(17-9-13-19(34-2)14-10-17)23(32)30(24(33)27-25)28-22(31)16-7-11-18(12-8-16)29-15-26-20-5-3-4-6-21(20)29/h3-15H,1-2H3,(H,27,33)(H,28,31)/t25-/m0/s1. The normalized spacial score (nSPS) is 17.6. The van der Waals surface area contributed by atoms with Crippen molar-refractivity contribution in [2.24, 2.45) is 0 Å². The minimum Gasteiger partial charge on any atom is -0.497 e. The maximum atomic E-state index is 13.1. The third-order valence-corrected chi connectivity index (χ3v) is 5.93. The van der Waals surface area contributed by atoms with Crippen molar-refractivity contribution in [3.05, 3.63) is 90.3 Å². The lowest BCUT2D eigenvalue weighted by atomic mass is 9.92. The van der Waals surface area contributed by atoms with Gasteiger partial charge in [-0.2, -0.15) is 5.01 Å².